The number of piperidine rings is 1. The molecule has 0 aliphatic carbocycles. The number of ether oxygens (including phenoxy) is 2. The van der Waals surface area contributed by atoms with Crippen LogP contribution in [0.15, 0.2) is 54.6 Å². The smallest absolute Gasteiger partial charge is 0.242 e. The van der Waals surface area contributed by atoms with Gasteiger partial charge in [-0.3, -0.25) is 14.5 Å². The highest BCUT2D eigenvalue weighted by molar-refractivity contribution is 7.71. The van der Waals surface area contributed by atoms with Gasteiger partial charge in [0, 0.05) is 18.7 Å². The fourth-order valence-electron chi connectivity index (χ4n) is 3.74. The van der Waals surface area contributed by atoms with Crippen LogP contribution in [0, 0.1) is 10.7 Å². The average Bonchev–Trinajstić information content (AvgIpc) is 3.18. The molecule has 1 amide bonds. The summed E-state index contributed by atoms with van der Waals surface area (Å²) in [6.07, 6.45) is 1.86. The van der Waals surface area contributed by atoms with Gasteiger partial charge in [0.1, 0.15) is 18.0 Å². The molecule has 7 nitrogen and oxygen atoms in total. The third kappa shape index (κ3) is 5.14. The fraction of sp³-hybridized carbons (Fsp3) is 0.348. The van der Waals surface area contributed by atoms with Crippen LogP contribution in [0.5, 0.6) is 11.5 Å². The molecule has 0 saturated carbocycles. The molecular formula is C23H26N4O3S. The lowest BCUT2D eigenvalue weighted by molar-refractivity contribution is -0.133. The Morgan fingerprint density at radius 3 is 2.48 bits per heavy atom. The first kappa shape index (κ1) is 21.1. The van der Waals surface area contributed by atoms with Gasteiger partial charge in [-0.25, -0.2) is 0 Å². The van der Waals surface area contributed by atoms with Gasteiger partial charge < -0.3 is 14.4 Å². The quantitative estimate of drug-likeness (QED) is 0.566. The molecule has 0 radical (unpaired) electrons. The summed E-state index contributed by atoms with van der Waals surface area (Å²) in [5.74, 6) is 2.80. The van der Waals surface area contributed by atoms with E-state index in [9.17, 15) is 4.79 Å². The minimum absolute atomic E-state index is 0.0506. The number of aromatic amines is 1. The highest BCUT2D eigenvalue weighted by atomic mass is 32.1. The van der Waals surface area contributed by atoms with Crippen molar-refractivity contribution in [3.8, 4) is 22.9 Å². The van der Waals surface area contributed by atoms with Crippen LogP contribution in [-0.4, -0.2) is 52.4 Å². The number of aromatic nitrogens is 3. The first-order chi connectivity index (χ1) is 15.1. The minimum Gasteiger partial charge on any atom is -0.497 e. The van der Waals surface area contributed by atoms with E-state index in [1.165, 1.54) is 0 Å². The molecule has 0 bridgehead atoms. The average molecular weight is 439 g/mol. The fourth-order valence-corrected chi connectivity index (χ4v) is 3.94. The number of H-pyrrole nitrogens is 1. The zero-order valence-corrected chi connectivity index (χ0v) is 18.3. The molecular weight excluding hydrogens is 412 g/mol. The number of benzene rings is 2. The Balaban J connectivity index is 1.34. The van der Waals surface area contributed by atoms with Gasteiger partial charge in [-0.05, 0) is 67.4 Å². The van der Waals surface area contributed by atoms with Crippen molar-refractivity contribution in [2.45, 2.75) is 19.4 Å². The van der Waals surface area contributed by atoms with E-state index in [0.29, 0.717) is 23.1 Å². The lowest BCUT2D eigenvalue weighted by Gasteiger charge is -2.32. The molecule has 1 aromatic heterocycles. The SMILES string of the molecule is COc1ccc(-c2n[nH]c(=S)n2CC(=O)N2CCC(COc3ccccc3)CC2)cc1. The molecule has 1 aliphatic heterocycles. The zero-order chi connectivity index (χ0) is 21.6. The van der Waals surface area contributed by atoms with Gasteiger partial charge in [0.15, 0.2) is 10.6 Å². The Labute approximate surface area is 186 Å². The van der Waals surface area contributed by atoms with Gasteiger partial charge in [-0.15, -0.1) is 0 Å². The largest absolute Gasteiger partial charge is 0.497 e. The van der Waals surface area contributed by atoms with Crippen molar-refractivity contribution in [3.05, 3.63) is 59.4 Å². The predicted octanol–water partition coefficient (Wildman–Crippen LogP) is 3.93. The molecule has 1 fully saturated rings. The van der Waals surface area contributed by atoms with Crippen molar-refractivity contribution in [3.63, 3.8) is 0 Å². The lowest BCUT2D eigenvalue weighted by Crippen LogP contribution is -2.41. The number of nitrogens with zero attached hydrogens (tertiary/aromatic N) is 3. The standard InChI is InChI=1S/C23H26N4O3S/c1-29-19-9-7-18(8-10-19)22-24-25-23(31)27(22)15-21(28)26-13-11-17(12-14-26)16-30-20-5-3-2-4-6-20/h2-10,17H,11-16H2,1H3,(H,25,31). The van der Waals surface area contributed by atoms with Gasteiger partial charge in [-0.1, -0.05) is 18.2 Å². The van der Waals surface area contributed by atoms with Crippen molar-refractivity contribution in [2.24, 2.45) is 5.92 Å². The van der Waals surface area contributed by atoms with Gasteiger partial charge in [0.2, 0.25) is 5.91 Å². The summed E-state index contributed by atoms with van der Waals surface area (Å²) in [6, 6.07) is 17.4. The summed E-state index contributed by atoms with van der Waals surface area (Å²) in [7, 11) is 1.63. The number of amides is 1. The number of hydrogen-bond donors (Lipinski definition) is 1. The van der Waals surface area contributed by atoms with E-state index in [1.54, 1.807) is 11.7 Å². The third-order valence-corrected chi connectivity index (χ3v) is 5.91. The summed E-state index contributed by atoms with van der Waals surface area (Å²) in [6.45, 7) is 2.30. The Kier molecular flexibility index (Phi) is 6.66. The van der Waals surface area contributed by atoms with E-state index in [1.807, 2.05) is 59.5 Å². The zero-order valence-electron chi connectivity index (χ0n) is 17.5. The first-order valence-corrected chi connectivity index (χ1v) is 10.8. The molecule has 1 saturated heterocycles. The number of likely N-dealkylation sites (tertiary alicyclic amines) is 1. The molecule has 2 aromatic carbocycles. The molecule has 1 N–H and O–H groups in total. The Hall–Kier alpha value is -3.13. The Morgan fingerprint density at radius 2 is 1.81 bits per heavy atom. The van der Waals surface area contributed by atoms with Crippen LogP contribution in [-0.2, 0) is 11.3 Å². The van der Waals surface area contributed by atoms with Gasteiger partial charge in [0.05, 0.1) is 13.7 Å². The molecule has 1 aliphatic rings. The molecule has 162 valence electrons. The molecule has 4 rings (SSSR count). The van der Waals surface area contributed by atoms with Crippen LogP contribution in [0.4, 0.5) is 0 Å². The van der Waals surface area contributed by atoms with E-state index < -0.39 is 0 Å². The van der Waals surface area contributed by atoms with Crippen LogP contribution in [0.1, 0.15) is 12.8 Å². The number of rotatable bonds is 7. The second-order valence-electron chi connectivity index (χ2n) is 7.62. The van der Waals surface area contributed by atoms with Crippen LogP contribution in [0.2, 0.25) is 0 Å². The predicted molar refractivity (Wildman–Crippen MR) is 121 cm³/mol. The van der Waals surface area contributed by atoms with E-state index in [4.69, 9.17) is 21.7 Å². The maximum atomic E-state index is 13.0. The number of carbonyl (C=O) groups excluding carboxylic acids is 1. The van der Waals surface area contributed by atoms with Gasteiger partial charge in [-0.2, -0.15) is 5.10 Å². The van der Waals surface area contributed by atoms with Crippen molar-refractivity contribution in [1.29, 1.82) is 0 Å². The third-order valence-electron chi connectivity index (χ3n) is 5.60. The maximum Gasteiger partial charge on any atom is 0.242 e. The molecule has 2 heterocycles. The van der Waals surface area contributed by atoms with Crippen LogP contribution in [0.25, 0.3) is 11.4 Å². The maximum absolute atomic E-state index is 13.0. The number of carbonyl (C=O) groups is 1. The molecule has 8 heteroatoms. The summed E-state index contributed by atoms with van der Waals surface area (Å²) >= 11 is 5.37. The van der Waals surface area contributed by atoms with Crippen LogP contribution in [0.3, 0.4) is 0 Å². The highest BCUT2D eigenvalue weighted by Gasteiger charge is 2.24. The van der Waals surface area contributed by atoms with Gasteiger partial charge in [0.25, 0.3) is 0 Å². The topological polar surface area (TPSA) is 72.4 Å². The first-order valence-electron chi connectivity index (χ1n) is 10.4. The lowest BCUT2D eigenvalue weighted by atomic mass is 9.98. The van der Waals surface area contributed by atoms with E-state index >= 15 is 0 Å². The summed E-state index contributed by atoms with van der Waals surface area (Å²) < 4.78 is 13.3. The number of hydrogen-bond acceptors (Lipinski definition) is 5. The van der Waals surface area contributed by atoms with Crippen LogP contribution < -0.4 is 9.47 Å². The molecule has 3 aromatic rings. The number of nitrogens with one attached hydrogen (secondary N) is 1. The Morgan fingerprint density at radius 1 is 1.10 bits per heavy atom. The normalized spacial score (nSPS) is 14.4. The number of para-hydroxylation sites is 1. The van der Waals surface area contributed by atoms with Crippen LogP contribution >= 0.6 is 12.2 Å². The molecule has 0 unspecified atom stereocenters. The molecule has 31 heavy (non-hydrogen) atoms. The summed E-state index contributed by atoms with van der Waals surface area (Å²) in [4.78, 5) is 14.9. The van der Waals surface area contributed by atoms with Crippen molar-refractivity contribution >= 4 is 18.1 Å². The van der Waals surface area contributed by atoms with E-state index in [2.05, 4.69) is 10.2 Å². The molecule has 0 atom stereocenters. The molecule has 0 spiro atoms. The van der Waals surface area contributed by atoms with Gasteiger partial charge >= 0.3 is 0 Å². The van der Waals surface area contributed by atoms with E-state index in [0.717, 1.165) is 43.0 Å². The Bertz CT molecular complexity index is 1050. The second kappa shape index (κ2) is 9.78. The second-order valence-corrected chi connectivity index (χ2v) is 8.00. The minimum atomic E-state index is 0.0506. The summed E-state index contributed by atoms with van der Waals surface area (Å²) in [5.41, 5.74) is 0.873. The van der Waals surface area contributed by atoms with Crippen molar-refractivity contribution < 1.29 is 14.3 Å². The van der Waals surface area contributed by atoms with Crippen molar-refractivity contribution in [2.75, 3.05) is 26.8 Å². The van der Waals surface area contributed by atoms with Crippen molar-refractivity contribution in [1.82, 2.24) is 19.7 Å². The number of methoxy groups -OCH3 is 1. The van der Waals surface area contributed by atoms with E-state index in [-0.39, 0.29) is 12.5 Å². The highest BCUT2D eigenvalue weighted by Crippen LogP contribution is 2.23. The monoisotopic (exact) mass is 438 g/mol. The summed E-state index contributed by atoms with van der Waals surface area (Å²) in [5, 5.41) is 7.13.